The maximum Gasteiger partial charge on any atom is 0.186 e. The zero-order chi connectivity index (χ0) is 7.98. The largest absolute Gasteiger partial charge is 0.388 e. The van der Waals surface area contributed by atoms with Crippen LogP contribution in [0, 0.1) is 0 Å². The summed E-state index contributed by atoms with van der Waals surface area (Å²) in [5.74, 6) is 0.251. The first kappa shape index (κ1) is 9.94. The second-order valence-electron chi connectivity index (χ2n) is 1.92. The molecule has 3 nitrogen and oxygen atoms in total. The minimum atomic E-state index is -0.975. The molecule has 0 unspecified atom stereocenters. The van der Waals surface area contributed by atoms with Crippen molar-refractivity contribution in [3.8, 4) is 0 Å². The monoisotopic (exact) mass is 164 g/mol. The molecule has 0 rings (SSSR count). The quantitative estimate of drug-likeness (QED) is 0.583. The van der Waals surface area contributed by atoms with Crippen molar-refractivity contribution in [1.29, 1.82) is 0 Å². The average Bonchev–Trinajstić information content (AvgIpc) is 1.98. The maximum atomic E-state index is 10.5. The van der Waals surface area contributed by atoms with Gasteiger partial charge in [-0.3, -0.25) is 4.79 Å². The van der Waals surface area contributed by atoms with Crippen molar-refractivity contribution in [3.05, 3.63) is 0 Å². The Balaban J connectivity index is 3.41. The van der Waals surface area contributed by atoms with Gasteiger partial charge in [0, 0.05) is 0 Å². The third-order valence-electron chi connectivity index (χ3n) is 1.12. The number of thioether (sulfide) groups is 1. The molecule has 0 fully saturated rings. The zero-order valence-corrected chi connectivity index (χ0v) is 6.73. The molecule has 0 aliphatic rings. The number of rotatable bonds is 5. The van der Waals surface area contributed by atoms with E-state index in [-0.39, 0.29) is 0 Å². The summed E-state index contributed by atoms with van der Waals surface area (Å²) in [6.07, 6.45) is 1.36. The maximum absolute atomic E-state index is 10.5. The summed E-state index contributed by atoms with van der Waals surface area (Å²) in [6, 6.07) is 0. The fourth-order valence-electron chi connectivity index (χ4n) is 0.496. The van der Waals surface area contributed by atoms with Gasteiger partial charge in [0.1, 0.15) is 12.7 Å². The highest BCUT2D eigenvalue weighted by Crippen LogP contribution is 2.00. The molecule has 4 heteroatoms. The molecule has 0 saturated carbocycles. The molecule has 0 aromatic rings. The summed E-state index contributed by atoms with van der Waals surface area (Å²) in [7, 11) is 0. The number of aliphatic hydroxyl groups excluding tert-OH is 2. The van der Waals surface area contributed by atoms with Crippen molar-refractivity contribution >= 4 is 17.5 Å². The van der Waals surface area contributed by atoms with Crippen LogP contribution in [0.1, 0.15) is 6.42 Å². The van der Waals surface area contributed by atoms with Gasteiger partial charge in [-0.1, -0.05) is 0 Å². The van der Waals surface area contributed by atoms with Crippen LogP contribution in [0.25, 0.3) is 0 Å². The molecule has 1 atom stereocenters. The van der Waals surface area contributed by atoms with Gasteiger partial charge in [-0.15, -0.1) is 0 Å². The van der Waals surface area contributed by atoms with E-state index in [1.807, 2.05) is 6.26 Å². The smallest absolute Gasteiger partial charge is 0.186 e. The third kappa shape index (κ3) is 3.87. The summed E-state index contributed by atoms with van der Waals surface area (Å²) in [5.41, 5.74) is 0. The molecule has 0 heterocycles. The second-order valence-corrected chi connectivity index (χ2v) is 2.91. The standard InChI is InChI=1S/C6H12O3S/c1-10-3-2-5(8)6(9)4-7/h5,7-8H,2-4H2,1H3/t5-/m1/s1. The first-order valence-corrected chi connectivity index (χ1v) is 4.42. The van der Waals surface area contributed by atoms with E-state index in [0.29, 0.717) is 6.42 Å². The van der Waals surface area contributed by atoms with Crippen LogP contribution in [0.2, 0.25) is 0 Å². The minimum absolute atomic E-state index is 0.431. The van der Waals surface area contributed by atoms with Gasteiger partial charge < -0.3 is 10.2 Å². The molecule has 0 bridgehead atoms. The molecular formula is C6H12O3S. The van der Waals surface area contributed by atoms with E-state index >= 15 is 0 Å². The average molecular weight is 164 g/mol. The number of hydrogen-bond acceptors (Lipinski definition) is 4. The number of Topliss-reactive ketones (excluding diaryl/α,β-unsaturated/α-hetero) is 1. The van der Waals surface area contributed by atoms with Crippen LogP contribution >= 0.6 is 11.8 Å². The molecule has 60 valence electrons. The number of ketones is 1. The lowest BCUT2D eigenvalue weighted by molar-refractivity contribution is -0.129. The Morgan fingerprint density at radius 3 is 2.70 bits per heavy atom. The molecular weight excluding hydrogens is 152 g/mol. The van der Waals surface area contributed by atoms with Crippen molar-refractivity contribution in [2.24, 2.45) is 0 Å². The van der Waals surface area contributed by atoms with Crippen molar-refractivity contribution < 1.29 is 15.0 Å². The number of carbonyl (C=O) groups is 1. The predicted octanol–water partition coefficient (Wildman–Crippen LogP) is -0.338. The topological polar surface area (TPSA) is 57.5 Å². The highest BCUT2D eigenvalue weighted by molar-refractivity contribution is 7.98. The highest BCUT2D eigenvalue weighted by Gasteiger charge is 2.11. The van der Waals surface area contributed by atoms with Crippen molar-refractivity contribution in [2.75, 3.05) is 18.6 Å². The lowest BCUT2D eigenvalue weighted by Gasteiger charge is -2.04. The molecule has 0 aliphatic carbocycles. The number of aliphatic hydroxyl groups is 2. The summed E-state index contributed by atoms with van der Waals surface area (Å²) in [5, 5.41) is 17.2. The minimum Gasteiger partial charge on any atom is -0.388 e. The van der Waals surface area contributed by atoms with E-state index in [1.165, 1.54) is 0 Å². The molecule has 0 aliphatic heterocycles. The molecule has 10 heavy (non-hydrogen) atoms. The molecule has 0 amide bonds. The van der Waals surface area contributed by atoms with Crippen LogP contribution in [0.15, 0.2) is 0 Å². The Morgan fingerprint density at radius 2 is 2.30 bits per heavy atom. The van der Waals surface area contributed by atoms with Crippen LogP contribution in [0.4, 0.5) is 0 Å². The van der Waals surface area contributed by atoms with Crippen LogP contribution in [0.3, 0.4) is 0 Å². The van der Waals surface area contributed by atoms with E-state index in [2.05, 4.69) is 0 Å². The predicted molar refractivity (Wildman–Crippen MR) is 41.1 cm³/mol. The van der Waals surface area contributed by atoms with Gasteiger partial charge in [0.25, 0.3) is 0 Å². The fraction of sp³-hybridized carbons (Fsp3) is 0.833. The first-order valence-electron chi connectivity index (χ1n) is 3.03. The molecule has 0 radical (unpaired) electrons. The van der Waals surface area contributed by atoms with Crippen molar-refractivity contribution in [3.63, 3.8) is 0 Å². The Bertz CT molecular complexity index is 105. The van der Waals surface area contributed by atoms with Gasteiger partial charge in [0.15, 0.2) is 5.78 Å². The van der Waals surface area contributed by atoms with E-state index in [9.17, 15) is 4.79 Å². The fourth-order valence-corrected chi connectivity index (χ4v) is 0.955. The number of carbonyl (C=O) groups excluding carboxylic acids is 1. The van der Waals surface area contributed by atoms with Crippen LogP contribution in [-0.4, -0.2) is 40.7 Å². The van der Waals surface area contributed by atoms with E-state index in [4.69, 9.17) is 10.2 Å². The molecule has 2 N–H and O–H groups in total. The Kier molecular flexibility index (Phi) is 5.67. The summed E-state index contributed by atoms with van der Waals surface area (Å²) in [6.45, 7) is -0.560. The van der Waals surface area contributed by atoms with Crippen LogP contribution in [0.5, 0.6) is 0 Å². The molecule has 0 aromatic carbocycles. The lowest BCUT2D eigenvalue weighted by atomic mass is 10.2. The Morgan fingerprint density at radius 1 is 1.70 bits per heavy atom. The third-order valence-corrected chi connectivity index (χ3v) is 1.77. The summed E-state index contributed by atoms with van der Waals surface area (Å²) < 4.78 is 0. The molecule has 0 aromatic heterocycles. The van der Waals surface area contributed by atoms with Gasteiger partial charge in [-0.05, 0) is 18.4 Å². The van der Waals surface area contributed by atoms with Crippen LogP contribution < -0.4 is 0 Å². The summed E-state index contributed by atoms with van der Waals surface area (Å²) in [4.78, 5) is 10.5. The van der Waals surface area contributed by atoms with Gasteiger partial charge in [0.05, 0.1) is 0 Å². The van der Waals surface area contributed by atoms with E-state index in [0.717, 1.165) is 5.75 Å². The van der Waals surface area contributed by atoms with Gasteiger partial charge >= 0.3 is 0 Å². The van der Waals surface area contributed by atoms with E-state index in [1.54, 1.807) is 11.8 Å². The summed E-state index contributed by atoms with van der Waals surface area (Å²) >= 11 is 1.56. The Labute approximate surface area is 64.4 Å². The van der Waals surface area contributed by atoms with Gasteiger partial charge in [-0.25, -0.2) is 0 Å². The van der Waals surface area contributed by atoms with E-state index < -0.39 is 18.5 Å². The van der Waals surface area contributed by atoms with Gasteiger partial charge in [0.2, 0.25) is 0 Å². The lowest BCUT2D eigenvalue weighted by Crippen LogP contribution is -2.23. The SMILES string of the molecule is CSCC[C@@H](O)C(=O)CO. The number of hydrogen-bond donors (Lipinski definition) is 2. The first-order chi connectivity index (χ1) is 4.72. The molecule has 0 spiro atoms. The molecule has 0 saturated heterocycles. The van der Waals surface area contributed by atoms with Gasteiger partial charge in [-0.2, -0.15) is 11.8 Å². The van der Waals surface area contributed by atoms with Crippen LogP contribution in [-0.2, 0) is 4.79 Å². The zero-order valence-electron chi connectivity index (χ0n) is 5.91. The Hall–Kier alpha value is -0.0600. The highest BCUT2D eigenvalue weighted by atomic mass is 32.2. The van der Waals surface area contributed by atoms with Crippen molar-refractivity contribution in [1.82, 2.24) is 0 Å². The second kappa shape index (κ2) is 5.70. The van der Waals surface area contributed by atoms with Crippen molar-refractivity contribution in [2.45, 2.75) is 12.5 Å². The normalized spacial score (nSPS) is 13.1.